The summed E-state index contributed by atoms with van der Waals surface area (Å²) in [5, 5.41) is 6.74. The second kappa shape index (κ2) is 11.2. The molecule has 2 unspecified atom stereocenters. The van der Waals surface area contributed by atoms with Crippen LogP contribution in [0.5, 0.6) is 0 Å². The first-order chi connectivity index (χ1) is 11.2. The number of nitrogens with one attached hydrogen (secondary N) is 2. The van der Waals surface area contributed by atoms with Crippen LogP contribution in [0.25, 0.3) is 0 Å². The van der Waals surface area contributed by atoms with Gasteiger partial charge < -0.3 is 15.4 Å². The van der Waals surface area contributed by atoms with Gasteiger partial charge in [-0.25, -0.2) is 0 Å². The number of ether oxygens (including phenoxy) is 1. The first kappa shape index (κ1) is 21.6. The van der Waals surface area contributed by atoms with Crippen LogP contribution in [0.1, 0.15) is 38.4 Å². The summed E-state index contributed by atoms with van der Waals surface area (Å²) in [6.07, 6.45) is 2.59. The highest BCUT2D eigenvalue weighted by atomic mass is 127. The maximum Gasteiger partial charge on any atom is 0.191 e. The lowest BCUT2D eigenvalue weighted by molar-refractivity contribution is 0.106. The molecule has 1 fully saturated rings. The summed E-state index contributed by atoms with van der Waals surface area (Å²) >= 11 is 2.04. The van der Waals surface area contributed by atoms with Gasteiger partial charge in [0.15, 0.2) is 5.96 Å². The van der Waals surface area contributed by atoms with Gasteiger partial charge >= 0.3 is 0 Å². The first-order valence-electron chi connectivity index (χ1n) is 8.41. The molecule has 0 spiro atoms. The molecule has 0 radical (unpaired) electrons. The number of aliphatic imine (C=N–C) groups is 1. The Morgan fingerprint density at radius 2 is 2.08 bits per heavy atom. The van der Waals surface area contributed by atoms with Crippen LogP contribution >= 0.6 is 35.7 Å². The lowest BCUT2D eigenvalue weighted by atomic mass is 10.1. The Kier molecular flexibility index (Phi) is 10.1. The normalized spacial score (nSPS) is 21.9. The van der Waals surface area contributed by atoms with Crippen molar-refractivity contribution in [1.82, 2.24) is 10.6 Å². The fourth-order valence-corrected chi connectivity index (χ4v) is 3.97. The summed E-state index contributed by atoms with van der Waals surface area (Å²) in [6.45, 7) is 6.83. The number of methoxy groups -OCH3 is 1. The number of halogens is 1. The number of thioether (sulfide) groups is 1. The second-order valence-corrected chi connectivity index (χ2v) is 7.80. The SMILES string of the molecule is CCNC(=NCC1(C)CCCS1)NCC(OC)c1ccccc1.I. The van der Waals surface area contributed by atoms with Crippen molar-refractivity contribution in [3.8, 4) is 0 Å². The quantitative estimate of drug-likeness (QED) is 0.367. The predicted octanol–water partition coefficient (Wildman–Crippen LogP) is 3.83. The van der Waals surface area contributed by atoms with Crippen molar-refractivity contribution in [1.29, 1.82) is 0 Å². The average Bonchev–Trinajstić information content (AvgIpc) is 3.01. The fraction of sp³-hybridized carbons (Fsp3) is 0.611. The van der Waals surface area contributed by atoms with Gasteiger partial charge in [-0.3, -0.25) is 4.99 Å². The van der Waals surface area contributed by atoms with Crippen molar-refractivity contribution >= 4 is 41.7 Å². The Bertz CT molecular complexity index is 492. The highest BCUT2D eigenvalue weighted by molar-refractivity contribution is 14.0. The van der Waals surface area contributed by atoms with Crippen LogP contribution in [0.3, 0.4) is 0 Å². The number of hydrogen-bond acceptors (Lipinski definition) is 3. The van der Waals surface area contributed by atoms with E-state index in [1.807, 2.05) is 30.0 Å². The van der Waals surface area contributed by atoms with E-state index < -0.39 is 0 Å². The highest BCUT2D eigenvalue weighted by Crippen LogP contribution is 2.37. The standard InChI is InChI=1S/C18H29N3OS.HI/c1-4-19-17(21-14-18(2)11-8-12-23-18)20-13-16(22-3)15-9-6-5-7-10-15;/h5-7,9-10,16H,4,8,11-14H2,1-3H3,(H2,19,20,21);1H. The molecule has 1 aliphatic heterocycles. The van der Waals surface area contributed by atoms with Gasteiger partial charge in [-0.2, -0.15) is 11.8 Å². The first-order valence-corrected chi connectivity index (χ1v) is 9.39. The summed E-state index contributed by atoms with van der Waals surface area (Å²) in [4.78, 5) is 4.79. The van der Waals surface area contributed by atoms with Gasteiger partial charge in [0.1, 0.15) is 0 Å². The number of benzene rings is 1. The molecule has 24 heavy (non-hydrogen) atoms. The minimum atomic E-state index is 0. The second-order valence-electron chi connectivity index (χ2n) is 6.11. The Labute approximate surface area is 167 Å². The van der Waals surface area contributed by atoms with E-state index in [1.165, 1.54) is 24.2 Å². The Hall–Kier alpha value is -0.470. The van der Waals surface area contributed by atoms with E-state index in [0.29, 0.717) is 11.3 Å². The van der Waals surface area contributed by atoms with Crippen molar-refractivity contribution in [3.63, 3.8) is 0 Å². The monoisotopic (exact) mass is 463 g/mol. The zero-order valence-electron chi connectivity index (χ0n) is 14.9. The van der Waals surface area contributed by atoms with Crippen LogP contribution in [-0.2, 0) is 4.74 Å². The summed E-state index contributed by atoms with van der Waals surface area (Å²) < 4.78 is 5.91. The molecule has 0 bridgehead atoms. The third kappa shape index (κ3) is 6.80. The van der Waals surface area contributed by atoms with Gasteiger partial charge in [-0.05, 0) is 38.0 Å². The topological polar surface area (TPSA) is 45.7 Å². The third-order valence-electron chi connectivity index (χ3n) is 4.13. The smallest absolute Gasteiger partial charge is 0.191 e. The molecule has 0 saturated carbocycles. The van der Waals surface area contributed by atoms with Crippen LogP contribution in [0.15, 0.2) is 35.3 Å². The maximum absolute atomic E-state index is 5.61. The van der Waals surface area contributed by atoms with E-state index in [2.05, 4.69) is 36.6 Å². The molecule has 1 aromatic carbocycles. The molecule has 0 aromatic heterocycles. The molecule has 1 saturated heterocycles. The van der Waals surface area contributed by atoms with Crippen molar-refractivity contribution in [2.75, 3.05) is 32.5 Å². The Morgan fingerprint density at radius 3 is 2.67 bits per heavy atom. The Balaban J connectivity index is 0.00000288. The number of guanidine groups is 1. The van der Waals surface area contributed by atoms with Gasteiger partial charge in [-0.15, -0.1) is 24.0 Å². The molecular weight excluding hydrogens is 433 g/mol. The van der Waals surface area contributed by atoms with Crippen LogP contribution in [0.2, 0.25) is 0 Å². The molecule has 0 aliphatic carbocycles. The van der Waals surface area contributed by atoms with Gasteiger partial charge in [0.2, 0.25) is 0 Å². The molecule has 0 amide bonds. The summed E-state index contributed by atoms with van der Waals surface area (Å²) in [5.74, 6) is 2.13. The molecule has 2 atom stereocenters. The van der Waals surface area contributed by atoms with E-state index in [9.17, 15) is 0 Å². The largest absolute Gasteiger partial charge is 0.375 e. The van der Waals surface area contributed by atoms with Gasteiger partial charge in [0, 0.05) is 24.9 Å². The van der Waals surface area contributed by atoms with Crippen molar-refractivity contribution in [2.24, 2.45) is 4.99 Å². The van der Waals surface area contributed by atoms with Crippen molar-refractivity contribution in [2.45, 2.75) is 37.5 Å². The molecular formula is C18H30IN3OS. The molecule has 2 N–H and O–H groups in total. The summed E-state index contributed by atoms with van der Waals surface area (Å²) in [7, 11) is 1.75. The van der Waals surface area contributed by atoms with Crippen molar-refractivity contribution in [3.05, 3.63) is 35.9 Å². The van der Waals surface area contributed by atoms with Gasteiger partial charge in [0.25, 0.3) is 0 Å². The summed E-state index contributed by atoms with van der Waals surface area (Å²) in [5.41, 5.74) is 1.18. The molecule has 136 valence electrons. The molecule has 1 heterocycles. The zero-order valence-corrected chi connectivity index (χ0v) is 18.0. The molecule has 1 aliphatic rings. The summed E-state index contributed by atoms with van der Waals surface area (Å²) in [6, 6.07) is 10.3. The van der Waals surface area contributed by atoms with Crippen molar-refractivity contribution < 1.29 is 4.74 Å². The molecule has 1 aromatic rings. The fourth-order valence-electron chi connectivity index (χ4n) is 2.74. The van der Waals surface area contributed by atoms with Crippen LogP contribution in [0, 0.1) is 0 Å². The number of nitrogens with zero attached hydrogens (tertiary/aromatic N) is 1. The lowest BCUT2D eigenvalue weighted by Crippen LogP contribution is -2.40. The van der Waals surface area contributed by atoms with Gasteiger partial charge in [0.05, 0.1) is 12.6 Å². The van der Waals surface area contributed by atoms with E-state index in [-0.39, 0.29) is 30.1 Å². The Morgan fingerprint density at radius 1 is 1.33 bits per heavy atom. The lowest BCUT2D eigenvalue weighted by Gasteiger charge is -2.22. The van der Waals surface area contributed by atoms with Crippen LogP contribution in [0.4, 0.5) is 0 Å². The minimum absolute atomic E-state index is 0. The van der Waals surface area contributed by atoms with Gasteiger partial charge in [-0.1, -0.05) is 30.3 Å². The van der Waals surface area contributed by atoms with E-state index in [4.69, 9.17) is 9.73 Å². The predicted molar refractivity (Wildman–Crippen MR) is 116 cm³/mol. The van der Waals surface area contributed by atoms with E-state index >= 15 is 0 Å². The van der Waals surface area contributed by atoms with E-state index in [0.717, 1.165) is 19.0 Å². The van der Waals surface area contributed by atoms with Crippen LogP contribution in [-0.4, -0.2) is 43.2 Å². The van der Waals surface area contributed by atoms with E-state index in [1.54, 1.807) is 7.11 Å². The zero-order chi connectivity index (χ0) is 16.5. The molecule has 2 rings (SSSR count). The molecule has 4 nitrogen and oxygen atoms in total. The number of hydrogen-bond donors (Lipinski definition) is 2. The minimum Gasteiger partial charge on any atom is -0.375 e. The highest BCUT2D eigenvalue weighted by Gasteiger charge is 2.29. The maximum atomic E-state index is 5.61. The molecule has 6 heteroatoms. The average molecular weight is 463 g/mol. The number of rotatable bonds is 7. The van der Waals surface area contributed by atoms with Crippen LogP contribution < -0.4 is 10.6 Å². The third-order valence-corrected chi connectivity index (χ3v) is 5.65.